The summed E-state index contributed by atoms with van der Waals surface area (Å²) in [5, 5.41) is 9.63. The highest BCUT2D eigenvalue weighted by molar-refractivity contribution is 8.14. The summed E-state index contributed by atoms with van der Waals surface area (Å²) in [4.78, 5) is 9.53. The summed E-state index contributed by atoms with van der Waals surface area (Å²) in [6.45, 7) is 0.856. The van der Waals surface area contributed by atoms with Gasteiger partial charge in [-0.3, -0.25) is 4.99 Å². The normalized spacial score (nSPS) is 16.0. The highest BCUT2D eigenvalue weighted by Gasteiger charge is 2.19. The average molecular weight is 479 g/mol. The monoisotopic (exact) mass is 478 g/mol. The van der Waals surface area contributed by atoms with Crippen molar-refractivity contribution in [3.05, 3.63) is 88.9 Å². The lowest BCUT2D eigenvalue weighted by Gasteiger charge is -2.22. The molecule has 0 amide bonds. The predicted octanol–water partition coefficient (Wildman–Crippen LogP) is 7.25. The molecular weight excluding hydrogens is 456 g/mol. The summed E-state index contributed by atoms with van der Waals surface area (Å²) in [5.74, 6) is 1.03. The van der Waals surface area contributed by atoms with Gasteiger partial charge in [0.15, 0.2) is 10.3 Å². The molecule has 1 atom stereocenters. The molecule has 3 aromatic carbocycles. The molecular formula is C25H23ClN4S2. The van der Waals surface area contributed by atoms with E-state index >= 15 is 0 Å². The number of halogens is 1. The van der Waals surface area contributed by atoms with E-state index in [1.807, 2.05) is 36.4 Å². The minimum atomic E-state index is 0.111. The van der Waals surface area contributed by atoms with Gasteiger partial charge in [-0.1, -0.05) is 77.2 Å². The number of aromatic nitrogens is 1. The summed E-state index contributed by atoms with van der Waals surface area (Å²) in [7, 11) is 0. The van der Waals surface area contributed by atoms with Gasteiger partial charge < -0.3 is 10.6 Å². The number of thioether (sulfide) groups is 1. The van der Waals surface area contributed by atoms with Crippen molar-refractivity contribution < 1.29 is 0 Å². The molecule has 1 aliphatic rings. The van der Waals surface area contributed by atoms with Crippen molar-refractivity contribution in [1.82, 2.24) is 4.98 Å². The second-order valence-corrected chi connectivity index (χ2v) is 10.1. The molecule has 0 bridgehead atoms. The zero-order chi connectivity index (χ0) is 21.8. The van der Waals surface area contributed by atoms with Crippen molar-refractivity contribution in [2.24, 2.45) is 4.99 Å². The van der Waals surface area contributed by atoms with E-state index in [0.29, 0.717) is 0 Å². The number of amidine groups is 1. The van der Waals surface area contributed by atoms with Gasteiger partial charge in [0, 0.05) is 23.0 Å². The van der Waals surface area contributed by atoms with E-state index in [-0.39, 0.29) is 6.04 Å². The molecule has 1 aliphatic heterocycles. The molecule has 0 saturated carbocycles. The number of aliphatic imine (C=N–C) groups is 1. The number of fused-ring (bicyclic) bond motifs is 1. The second kappa shape index (κ2) is 9.94. The molecule has 1 aromatic heterocycles. The van der Waals surface area contributed by atoms with Gasteiger partial charge in [0.05, 0.1) is 16.3 Å². The standard InChI is InChI=1S/C25H23ClN4S2/c26-20-6-2-1-5-19(20)21-14-16-31-25(29-21)28-18-11-9-17(10-12-18)13-15-27-24-30-22-7-3-4-8-23(22)32-24/h1-12,21H,13-16H2,(H,27,30)(H,28,29). The van der Waals surface area contributed by atoms with Crippen LogP contribution in [0.5, 0.6) is 0 Å². The number of hydrogen-bond donors (Lipinski definition) is 2. The van der Waals surface area contributed by atoms with Crippen LogP contribution in [0.1, 0.15) is 23.6 Å². The molecule has 0 saturated heterocycles. The van der Waals surface area contributed by atoms with Gasteiger partial charge in [-0.05, 0) is 54.3 Å². The van der Waals surface area contributed by atoms with Gasteiger partial charge in [0.25, 0.3) is 0 Å². The fourth-order valence-corrected chi connectivity index (χ4v) is 5.77. The summed E-state index contributed by atoms with van der Waals surface area (Å²) in [5.41, 5.74) is 4.50. The van der Waals surface area contributed by atoms with E-state index in [1.54, 1.807) is 23.1 Å². The van der Waals surface area contributed by atoms with Crippen LogP contribution in [0.15, 0.2) is 77.8 Å². The summed E-state index contributed by atoms with van der Waals surface area (Å²) in [6, 6.07) is 24.9. The molecule has 4 nitrogen and oxygen atoms in total. The number of nitrogens with one attached hydrogen (secondary N) is 2. The molecule has 7 heteroatoms. The predicted molar refractivity (Wildman–Crippen MR) is 141 cm³/mol. The Labute approximate surface area is 201 Å². The number of nitrogens with zero attached hydrogens (tertiary/aromatic N) is 2. The zero-order valence-electron chi connectivity index (χ0n) is 17.4. The van der Waals surface area contributed by atoms with Gasteiger partial charge in [-0.25, -0.2) is 4.98 Å². The van der Waals surface area contributed by atoms with Gasteiger partial charge in [-0.15, -0.1) is 0 Å². The maximum absolute atomic E-state index is 6.38. The van der Waals surface area contributed by atoms with Crippen LogP contribution in [-0.4, -0.2) is 22.4 Å². The van der Waals surface area contributed by atoms with Crippen molar-refractivity contribution in [1.29, 1.82) is 0 Å². The quantitative estimate of drug-likeness (QED) is 0.306. The fraction of sp³-hybridized carbons (Fsp3) is 0.200. The Morgan fingerprint density at radius 2 is 1.78 bits per heavy atom. The third kappa shape index (κ3) is 5.09. The highest BCUT2D eigenvalue weighted by Crippen LogP contribution is 2.33. The molecule has 2 heterocycles. The van der Waals surface area contributed by atoms with Crippen LogP contribution in [0.2, 0.25) is 5.02 Å². The Bertz CT molecular complexity index is 1200. The minimum Gasteiger partial charge on any atom is -0.361 e. The molecule has 0 fully saturated rings. The first kappa shape index (κ1) is 21.3. The Hall–Kier alpha value is -2.54. The second-order valence-electron chi connectivity index (χ2n) is 7.59. The van der Waals surface area contributed by atoms with Gasteiger partial charge in [0.1, 0.15) is 0 Å². The van der Waals surface area contributed by atoms with E-state index in [0.717, 1.165) is 57.2 Å². The third-order valence-electron chi connectivity index (χ3n) is 5.36. The smallest absolute Gasteiger partial charge is 0.183 e. The molecule has 5 rings (SSSR count). The summed E-state index contributed by atoms with van der Waals surface area (Å²) in [6.07, 6.45) is 1.95. The van der Waals surface area contributed by atoms with Crippen LogP contribution >= 0.6 is 34.7 Å². The van der Waals surface area contributed by atoms with Gasteiger partial charge in [-0.2, -0.15) is 0 Å². The lowest BCUT2D eigenvalue weighted by Crippen LogP contribution is -2.16. The topological polar surface area (TPSA) is 49.3 Å². The first-order chi connectivity index (χ1) is 15.7. The van der Waals surface area contributed by atoms with E-state index in [1.165, 1.54) is 10.3 Å². The largest absolute Gasteiger partial charge is 0.361 e. The lowest BCUT2D eigenvalue weighted by molar-refractivity contribution is 0.705. The van der Waals surface area contributed by atoms with Crippen molar-refractivity contribution in [2.45, 2.75) is 18.9 Å². The first-order valence-corrected chi connectivity index (χ1v) is 12.8. The Morgan fingerprint density at radius 1 is 0.969 bits per heavy atom. The van der Waals surface area contributed by atoms with Crippen molar-refractivity contribution >= 4 is 60.9 Å². The summed E-state index contributed by atoms with van der Waals surface area (Å²) >= 11 is 9.84. The third-order valence-corrected chi connectivity index (χ3v) is 7.62. The van der Waals surface area contributed by atoms with Crippen molar-refractivity contribution in [2.75, 3.05) is 22.9 Å². The zero-order valence-corrected chi connectivity index (χ0v) is 19.8. The van der Waals surface area contributed by atoms with E-state index < -0.39 is 0 Å². The molecule has 32 heavy (non-hydrogen) atoms. The number of anilines is 2. The number of thiazole rings is 1. The Balaban J connectivity index is 1.17. The minimum absolute atomic E-state index is 0.111. The van der Waals surface area contributed by atoms with Crippen LogP contribution in [0.3, 0.4) is 0 Å². The number of rotatable bonds is 6. The number of benzene rings is 3. The molecule has 0 spiro atoms. The van der Waals surface area contributed by atoms with Gasteiger partial charge in [0.2, 0.25) is 0 Å². The van der Waals surface area contributed by atoms with Crippen LogP contribution in [-0.2, 0) is 6.42 Å². The maximum Gasteiger partial charge on any atom is 0.183 e. The van der Waals surface area contributed by atoms with Crippen LogP contribution in [0.4, 0.5) is 10.8 Å². The summed E-state index contributed by atoms with van der Waals surface area (Å²) < 4.78 is 1.21. The molecule has 0 aliphatic carbocycles. The number of para-hydroxylation sites is 1. The first-order valence-electron chi connectivity index (χ1n) is 10.6. The molecule has 4 aromatic rings. The van der Waals surface area contributed by atoms with Crippen molar-refractivity contribution in [3.63, 3.8) is 0 Å². The Kier molecular flexibility index (Phi) is 6.62. The fourth-order valence-electron chi connectivity index (χ4n) is 3.69. The maximum atomic E-state index is 6.38. The van der Waals surface area contributed by atoms with E-state index in [4.69, 9.17) is 16.6 Å². The molecule has 1 unspecified atom stereocenters. The van der Waals surface area contributed by atoms with Crippen molar-refractivity contribution in [3.8, 4) is 0 Å². The lowest BCUT2D eigenvalue weighted by atomic mass is 10.1. The van der Waals surface area contributed by atoms with Crippen LogP contribution < -0.4 is 10.6 Å². The molecule has 162 valence electrons. The molecule has 2 N–H and O–H groups in total. The van der Waals surface area contributed by atoms with Crippen LogP contribution in [0.25, 0.3) is 10.2 Å². The van der Waals surface area contributed by atoms with Gasteiger partial charge >= 0.3 is 0 Å². The highest BCUT2D eigenvalue weighted by atomic mass is 35.5. The Morgan fingerprint density at radius 3 is 2.62 bits per heavy atom. The van der Waals surface area contributed by atoms with Crippen LogP contribution in [0, 0.1) is 0 Å². The molecule has 0 radical (unpaired) electrons. The average Bonchev–Trinajstić information content (AvgIpc) is 3.24. The van der Waals surface area contributed by atoms with E-state index in [9.17, 15) is 0 Å². The SMILES string of the molecule is Clc1ccccc1C1CCSC(Nc2ccc(CCNc3nc4ccccc4s3)cc2)=N1. The van der Waals surface area contributed by atoms with E-state index in [2.05, 4.69) is 52.0 Å². The number of hydrogen-bond acceptors (Lipinski definition) is 6.